The number of cyclic esters (lactones) is 2. The van der Waals surface area contributed by atoms with Crippen LogP contribution in [0.15, 0.2) is 54.6 Å². The normalized spacial score (nSPS) is 25.9. The van der Waals surface area contributed by atoms with E-state index in [1.807, 2.05) is 32.9 Å². The number of halogens is 1. The third-order valence-corrected chi connectivity index (χ3v) is 15.3. The molecule has 3 heterocycles. The Kier molecular flexibility index (Phi) is 26.7. The van der Waals surface area contributed by atoms with Crippen molar-refractivity contribution < 1.29 is 92.0 Å². The van der Waals surface area contributed by atoms with Gasteiger partial charge in [0, 0.05) is 58.3 Å². The predicted octanol–water partition coefficient (Wildman–Crippen LogP) is 2.36. The Hall–Kier alpha value is -6.74. The summed E-state index contributed by atoms with van der Waals surface area (Å²) >= 11 is 6.39. The average molecular weight is 1230 g/mol. The van der Waals surface area contributed by atoms with Crippen LogP contribution in [-0.4, -0.2) is 168 Å². The molecule has 0 aromatic heterocycles. The fourth-order valence-corrected chi connectivity index (χ4v) is 10.00. The second-order valence-corrected chi connectivity index (χ2v) is 23.7. The van der Waals surface area contributed by atoms with Crippen LogP contribution in [0.4, 0.5) is 0 Å². The summed E-state index contributed by atoms with van der Waals surface area (Å²) < 4.78 is 33.8. The number of rotatable bonds is 26. The Bertz CT molecular complexity index is 2710. The van der Waals surface area contributed by atoms with E-state index < -0.39 is 144 Å². The molecule has 13 atom stereocenters. The smallest absolute Gasteiger partial charge is 0.347 e. The molecule has 86 heavy (non-hydrogen) atoms. The second kappa shape index (κ2) is 32.8. The summed E-state index contributed by atoms with van der Waals surface area (Å²) in [6.07, 6.45) is -7.76. The molecule has 26 heteroatoms. The molecular weight excluding hydrogens is 1140 g/mol. The predicted molar refractivity (Wildman–Crippen MR) is 309 cm³/mol. The van der Waals surface area contributed by atoms with Gasteiger partial charge in [-0.3, -0.25) is 38.4 Å². The lowest BCUT2D eigenvalue weighted by Gasteiger charge is -2.38. The molecule has 2 aromatic rings. The summed E-state index contributed by atoms with van der Waals surface area (Å²) in [5.41, 5.74) is 0.755. The number of carboxylic acid groups (broad SMARTS) is 1. The third-order valence-electron chi connectivity index (χ3n) is 15.0. The van der Waals surface area contributed by atoms with E-state index in [9.17, 15) is 58.5 Å². The van der Waals surface area contributed by atoms with Gasteiger partial charge in [-0.2, -0.15) is 0 Å². The van der Waals surface area contributed by atoms with Crippen LogP contribution in [-0.2, 0) is 79.8 Å². The number of benzene rings is 2. The van der Waals surface area contributed by atoms with Crippen LogP contribution in [0.5, 0.6) is 5.75 Å². The first-order valence-electron chi connectivity index (χ1n) is 29.0. The van der Waals surface area contributed by atoms with Crippen molar-refractivity contribution >= 4 is 65.0 Å². The highest BCUT2D eigenvalue weighted by Gasteiger charge is 2.49. The first kappa shape index (κ1) is 70.0. The average Bonchev–Trinajstić information content (AvgIpc) is 1.95. The fourth-order valence-electron chi connectivity index (χ4n) is 9.72. The zero-order chi connectivity index (χ0) is 63.6. The van der Waals surface area contributed by atoms with Gasteiger partial charge >= 0.3 is 17.9 Å². The highest BCUT2D eigenvalue weighted by molar-refractivity contribution is 6.32. The molecule has 2 saturated heterocycles. The molecule has 476 valence electrons. The molecule has 10 N–H and O–H groups in total. The Labute approximate surface area is 505 Å². The molecule has 2 unspecified atom stereocenters. The molecule has 3 aliphatic rings. The Morgan fingerprint density at radius 2 is 1.52 bits per heavy atom. The molecule has 0 saturated carbocycles. The molecule has 5 rings (SSSR count). The van der Waals surface area contributed by atoms with E-state index in [-0.39, 0.29) is 83.3 Å². The summed E-state index contributed by atoms with van der Waals surface area (Å²) in [5.74, 6) is -6.88. The van der Waals surface area contributed by atoms with Crippen LogP contribution in [0, 0.1) is 23.2 Å². The first-order valence-corrected chi connectivity index (χ1v) is 29.3. The maximum Gasteiger partial charge on any atom is 0.347 e. The molecule has 3 aliphatic heterocycles. The van der Waals surface area contributed by atoms with Crippen molar-refractivity contribution in [2.24, 2.45) is 23.2 Å². The number of esters is 2. The number of hydrogen-bond acceptors (Lipinski definition) is 18. The summed E-state index contributed by atoms with van der Waals surface area (Å²) in [6, 6.07) is 8.89. The lowest BCUT2D eigenvalue weighted by atomic mass is 9.92. The van der Waals surface area contributed by atoms with Crippen LogP contribution in [0.25, 0.3) is 0 Å². The number of carbonyl (C=O) groups is 9. The molecule has 0 aliphatic carbocycles. The Morgan fingerprint density at radius 1 is 0.826 bits per heavy atom. The number of methoxy groups -OCH3 is 2. The quantitative estimate of drug-likeness (QED) is 0.0367. The largest absolute Gasteiger partial charge is 0.495 e. The molecule has 25 nitrogen and oxygen atoms in total. The minimum atomic E-state index is -1.75. The number of carboxylic acids is 1. The number of aliphatic hydroxyl groups is 3. The van der Waals surface area contributed by atoms with Gasteiger partial charge in [0.2, 0.25) is 29.5 Å². The van der Waals surface area contributed by atoms with Crippen LogP contribution < -0.4 is 36.6 Å². The number of aliphatic carboxylic acids is 1. The van der Waals surface area contributed by atoms with Gasteiger partial charge in [0.15, 0.2) is 18.5 Å². The molecule has 6 amide bonds. The molecule has 0 radical (unpaired) electrons. The van der Waals surface area contributed by atoms with Crippen molar-refractivity contribution in [2.45, 2.75) is 186 Å². The van der Waals surface area contributed by atoms with Crippen LogP contribution in [0.2, 0.25) is 5.02 Å². The summed E-state index contributed by atoms with van der Waals surface area (Å²) in [4.78, 5) is 119. The molecular formula is C60H85ClN6O19. The van der Waals surface area contributed by atoms with E-state index in [1.165, 1.54) is 26.4 Å². The lowest BCUT2D eigenvalue weighted by Crippen LogP contribution is -2.61. The van der Waals surface area contributed by atoms with E-state index in [2.05, 4.69) is 31.9 Å². The maximum atomic E-state index is 14.0. The van der Waals surface area contributed by atoms with E-state index in [1.54, 1.807) is 58.0 Å². The van der Waals surface area contributed by atoms with Crippen molar-refractivity contribution in [1.29, 1.82) is 0 Å². The van der Waals surface area contributed by atoms with Crippen molar-refractivity contribution in [2.75, 3.05) is 27.3 Å². The zero-order valence-corrected chi connectivity index (χ0v) is 50.9. The van der Waals surface area contributed by atoms with Crippen molar-refractivity contribution in [1.82, 2.24) is 31.9 Å². The van der Waals surface area contributed by atoms with Gasteiger partial charge in [-0.05, 0) is 92.7 Å². The summed E-state index contributed by atoms with van der Waals surface area (Å²) in [7, 11) is 2.67. The minimum Gasteiger partial charge on any atom is -0.495 e. The topological polar surface area (TPSA) is 365 Å². The number of amides is 6. The zero-order valence-electron chi connectivity index (χ0n) is 50.1. The van der Waals surface area contributed by atoms with Crippen LogP contribution >= 0.6 is 11.6 Å². The summed E-state index contributed by atoms with van der Waals surface area (Å²) in [5, 5.41) is 56.4. The third kappa shape index (κ3) is 20.7. The maximum absolute atomic E-state index is 14.0. The number of hydrogen-bond donors (Lipinski definition) is 10. The van der Waals surface area contributed by atoms with E-state index in [4.69, 9.17) is 45.1 Å². The summed E-state index contributed by atoms with van der Waals surface area (Å²) in [6.45, 7) is 12.0. The number of unbranched alkanes of at least 4 members (excludes halogenated alkanes) is 1. The fraction of sp³-hybridized carbons (Fsp3) is 0.617. The Balaban J connectivity index is 1.27. The van der Waals surface area contributed by atoms with Gasteiger partial charge in [-0.1, -0.05) is 82.6 Å². The highest BCUT2D eigenvalue weighted by atomic mass is 35.5. The first-order chi connectivity index (χ1) is 40.6. The van der Waals surface area contributed by atoms with E-state index in [0.717, 1.165) is 5.56 Å². The second-order valence-electron chi connectivity index (χ2n) is 23.3. The van der Waals surface area contributed by atoms with E-state index in [0.29, 0.717) is 21.9 Å². The number of ether oxygens (including phenoxy) is 6. The minimum absolute atomic E-state index is 0.0199. The SMILES string of the molecule is COc1ccc(C[C@H]2NC(=O)/C=C/C[C@@H]([C@H](C)[C@H]3O[C@@H]3c3ccc(CNC(=O)C(CCCCNC(=O)[C@H]4O[C@@H](OC)[C@H](O)[C@@H](O)[C@@H]4O)NC(=O)C(NC(=O)CCCC(=O)O)C(C)C)cc3)OC(=O)[C@H](CC(C)C)OC(=O)C(C)(C)CNC2=O)cc1Cl. The monoisotopic (exact) mass is 1230 g/mol. The number of carbonyl (C=O) groups excluding carboxylic acids is 8. The van der Waals surface area contributed by atoms with Crippen LogP contribution in [0.3, 0.4) is 0 Å². The van der Waals surface area contributed by atoms with Gasteiger partial charge in [0.25, 0.3) is 5.91 Å². The van der Waals surface area contributed by atoms with Gasteiger partial charge in [0.1, 0.15) is 54.4 Å². The van der Waals surface area contributed by atoms with Crippen LogP contribution in [0.1, 0.15) is 123 Å². The van der Waals surface area contributed by atoms with Crippen molar-refractivity contribution in [3.05, 3.63) is 76.3 Å². The van der Waals surface area contributed by atoms with Gasteiger partial charge < -0.3 is 80.7 Å². The molecule has 2 aromatic carbocycles. The van der Waals surface area contributed by atoms with E-state index >= 15 is 0 Å². The number of epoxide rings is 1. The Morgan fingerprint density at radius 3 is 2.16 bits per heavy atom. The molecule has 0 spiro atoms. The van der Waals surface area contributed by atoms with Crippen molar-refractivity contribution in [3.63, 3.8) is 0 Å². The number of aliphatic hydroxyl groups excluding tert-OH is 3. The molecule has 0 bridgehead atoms. The van der Waals surface area contributed by atoms with Gasteiger partial charge in [0.05, 0.1) is 23.7 Å². The highest BCUT2D eigenvalue weighted by Crippen LogP contribution is 2.45. The molecule has 2 fully saturated rings. The van der Waals surface area contributed by atoms with Gasteiger partial charge in [-0.25, -0.2) is 4.79 Å². The lowest BCUT2D eigenvalue weighted by molar-refractivity contribution is -0.283. The number of nitrogens with one attached hydrogen (secondary N) is 6. The standard InChI is InChI=1S/C60H85ClN6O19/c1-31(2)26-42-57(79)83-40(15-12-16-43(68)65-39(28-35-21-24-41(81-8)37(61)27-35)54(76)64-30-60(6,7)59(80)84-42)33(5)50-51(85-50)36-22-19-34(20-23-36)29-63-53(75)38(66-55(77)46(32(3)4)67-44(69)17-13-18-45(70)71)14-10-11-25-62-56(78)52-48(73)47(72)49(74)58(82-9)86-52/h12,16,19-24,27,31-33,38-40,42,46-52,58,72-74H,10-11,13-15,17-18,25-26,28-30H2,1-9H3,(H,62,78)(H,63,75)(H,64,76)(H,65,68)(H,66,77)(H,67,69)(H,70,71)/b16-12+/t33-,38?,39+,40-,42-,46?,47-,48-,49+,50+,51+,52-,58+/m0/s1. The van der Waals surface area contributed by atoms with Gasteiger partial charge in [-0.15, -0.1) is 0 Å². The van der Waals surface area contributed by atoms with Crippen molar-refractivity contribution in [3.8, 4) is 5.75 Å².